The van der Waals surface area contributed by atoms with Crippen LogP contribution in [0.1, 0.15) is 0 Å². The molecule has 0 amide bonds. The maximum absolute atomic E-state index is 11.7. The Morgan fingerprint density at radius 3 is 2.89 bits per heavy atom. The number of fused-ring (bicyclic) bond motifs is 1. The lowest BCUT2D eigenvalue weighted by Gasteiger charge is -2.00. The molecule has 0 radical (unpaired) electrons. The molecule has 7 heteroatoms. The van der Waals surface area contributed by atoms with Crippen LogP contribution >= 0.6 is 22.7 Å². The molecule has 0 atom stereocenters. The number of thiazole rings is 2. The molecule has 2 heterocycles. The van der Waals surface area contributed by atoms with E-state index in [9.17, 15) is 9.59 Å². The van der Waals surface area contributed by atoms with E-state index >= 15 is 0 Å². The molecule has 19 heavy (non-hydrogen) atoms. The second-order valence-electron chi connectivity index (χ2n) is 3.85. The minimum Gasteiger partial charge on any atom is -0.480 e. The van der Waals surface area contributed by atoms with Crippen molar-refractivity contribution >= 4 is 38.9 Å². The summed E-state index contributed by atoms with van der Waals surface area (Å²) in [5.74, 6) is -1.04. The molecule has 96 valence electrons. The van der Waals surface area contributed by atoms with E-state index in [0.717, 1.165) is 21.6 Å². The first-order chi connectivity index (χ1) is 9.15. The van der Waals surface area contributed by atoms with E-state index in [1.54, 1.807) is 5.38 Å². The van der Waals surface area contributed by atoms with Gasteiger partial charge in [0.15, 0.2) is 0 Å². The van der Waals surface area contributed by atoms with Gasteiger partial charge in [-0.25, -0.2) is 4.98 Å². The maximum atomic E-state index is 11.7. The summed E-state index contributed by atoms with van der Waals surface area (Å²) < 4.78 is 2.25. The highest BCUT2D eigenvalue weighted by atomic mass is 32.1. The summed E-state index contributed by atoms with van der Waals surface area (Å²) in [5, 5.41) is 11.2. The fraction of sp³-hybridized carbons (Fsp3) is 0.0833. The molecule has 0 saturated carbocycles. The van der Waals surface area contributed by atoms with Crippen LogP contribution in [0.2, 0.25) is 0 Å². The topological polar surface area (TPSA) is 72.2 Å². The molecule has 0 fully saturated rings. The first kappa shape index (κ1) is 12.1. The Morgan fingerprint density at radius 2 is 2.16 bits per heavy atom. The van der Waals surface area contributed by atoms with E-state index < -0.39 is 5.97 Å². The minimum atomic E-state index is -1.04. The average molecular weight is 292 g/mol. The van der Waals surface area contributed by atoms with Gasteiger partial charge in [-0.1, -0.05) is 23.5 Å². The zero-order valence-corrected chi connectivity index (χ0v) is 11.2. The number of carboxylic acid groups (broad SMARTS) is 1. The largest absolute Gasteiger partial charge is 0.480 e. The third-order valence-corrected chi connectivity index (χ3v) is 4.41. The van der Waals surface area contributed by atoms with Gasteiger partial charge in [0, 0.05) is 5.38 Å². The average Bonchev–Trinajstić information content (AvgIpc) is 2.93. The standard InChI is InChI=1S/C12H8N2O3S2/c15-10(16)5-14-8(6-18-12(14)17)11-13-7-3-1-2-4-9(7)19-11/h1-4,6H,5H2,(H,15,16). The lowest BCUT2D eigenvalue weighted by Crippen LogP contribution is -2.19. The van der Waals surface area contributed by atoms with Gasteiger partial charge in [0.2, 0.25) is 0 Å². The van der Waals surface area contributed by atoms with Gasteiger partial charge in [0.25, 0.3) is 0 Å². The number of aromatic nitrogens is 2. The highest BCUT2D eigenvalue weighted by Gasteiger charge is 2.15. The van der Waals surface area contributed by atoms with Gasteiger partial charge in [-0.15, -0.1) is 11.3 Å². The molecule has 1 aromatic carbocycles. The molecular formula is C12H8N2O3S2. The summed E-state index contributed by atoms with van der Waals surface area (Å²) in [6.45, 7) is -0.340. The number of benzene rings is 1. The predicted octanol–water partition coefficient (Wildman–Crippen LogP) is 2.27. The fourth-order valence-corrected chi connectivity index (χ4v) is 3.57. The van der Waals surface area contributed by atoms with E-state index in [0.29, 0.717) is 10.7 Å². The number of aliphatic carboxylic acids is 1. The molecule has 2 aromatic heterocycles. The SMILES string of the molecule is O=C(O)Cn1c(-c2nc3ccccc3s2)csc1=O. The van der Waals surface area contributed by atoms with E-state index in [2.05, 4.69) is 4.98 Å². The monoisotopic (exact) mass is 292 g/mol. The molecule has 5 nitrogen and oxygen atoms in total. The lowest BCUT2D eigenvalue weighted by molar-refractivity contribution is -0.137. The summed E-state index contributed by atoms with van der Waals surface area (Å²) in [5.41, 5.74) is 1.42. The van der Waals surface area contributed by atoms with Crippen LogP contribution in [0.5, 0.6) is 0 Å². The first-order valence-electron chi connectivity index (χ1n) is 5.41. The zero-order valence-electron chi connectivity index (χ0n) is 9.57. The molecule has 0 spiro atoms. The van der Waals surface area contributed by atoms with Crippen LogP contribution in [0.25, 0.3) is 20.9 Å². The van der Waals surface area contributed by atoms with Crippen molar-refractivity contribution in [1.82, 2.24) is 9.55 Å². The van der Waals surface area contributed by atoms with Crippen molar-refractivity contribution in [2.75, 3.05) is 0 Å². The minimum absolute atomic E-state index is 0.281. The van der Waals surface area contributed by atoms with E-state index in [-0.39, 0.29) is 11.4 Å². The van der Waals surface area contributed by atoms with Gasteiger partial charge >= 0.3 is 10.8 Å². The van der Waals surface area contributed by atoms with E-state index in [1.807, 2.05) is 24.3 Å². The number of hydrogen-bond acceptors (Lipinski definition) is 5. The highest BCUT2D eigenvalue weighted by Crippen LogP contribution is 2.30. The Labute approximate surface area is 115 Å². The fourth-order valence-electron chi connectivity index (χ4n) is 1.76. The van der Waals surface area contributed by atoms with Crippen molar-refractivity contribution in [2.45, 2.75) is 6.54 Å². The molecule has 0 aliphatic rings. The van der Waals surface area contributed by atoms with Crippen molar-refractivity contribution in [3.05, 3.63) is 39.3 Å². The predicted molar refractivity (Wildman–Crippen MR) is 74.8 cm³/mol. The second kappa shape index (κ2) is 4.60. The molecule has 0 aliphatic carbocycles. The van der Waals surface area contributed by atoms with Crippen molar-refractivity contribution in [1.29, 1.82) is 0 Å². The van der Waals surface area contributed by atoms with Gasteiger partial charge in [-0.3, -0.25) is 14.2 Å². The van der Waals surface area contributed by atoms with Crippen molar-refractivity contribution < 1.29 is 9.90 Å². The number of rotatable bonds is 3. The quantitative estimate of drug-likeness (QED) is 0.803. The van der Waals surface area contributed by atoms with E-state index in [4.69, 9.17) is 5.11 Å². The van der Waals surface area contributed by atoms with Crippen molar-refractivity contribution in [3.63, 3.8) is 0 Å². The van der Waals surface area contributed by atoms with Gasteiger partial charge in [0.05, 0.1) is 15.9 Å². The third kappa shape index (κ3) is 2.18. The van der Waals surface area contributed by atoms with Crippen LogP contribution in [0.3, 0.4) is 0 Å². The van der Waals surface area contributed by atoms with Crippen molar-refractivity contribution in [3.8, 4) is 10.7 Å². The Hall–Kier alpha value is -1.99. The number of para-hydroxylation sites is 1. The number of hydrogen-bond donors (Lipinski definition) is 1. The molecule has 3 rings (SSSR count). The van der Waals surface area contributed by atoms with E-state index in [1.165, 1.54) is 15.9 Å². The molecule has 0 bridgehead atoms. The third-order valence-electron chi connectivity index (χ3n) is 2.59. The Bertz CT molecular complexity index is 783. The molecule has 0 saturated heterocycles. The highest BCUT2D eigenvalue weighted by molar-refractivity contribution is 7.21. The Balaban J connectivity index is 2.16. The summed E-state index contributed by atoms with van der Waals surface area (Å²) in [7, 11) is 0. The number of nitrogens with zero attached hydrogens (tertiary/aromatic N) is 2. The first-order valence-corrected chi connectivity index (χ1v) is 7.11. The lowest BCUT2D eigenvalue weighted by atomic mass is 10.3. The molecule has 3 aromatic rings. The van der Waals surface area contributed by atoms with Crippen LogP contribution in [0, 0.1) is 0 Å². The molecule has 1 N–H and O–H groups in total. The van der Waals surface area contributed by atoms with Gasteiger partial charge in [-0.2, -0.15) is 0 Å². The smallest absolute Gasteiger partial charge is 0.323 e. The summed E-state index contributed by atoms with van der Waals surface area (Å²) in [4.78, 5) is 26.6. The number of carbonyl (C=O) groups is 1. The van der Waals surface area contributed by atoms with Gasteiger partial charge in [-0.05, 0) is 12.1 Å². The number of carboxylic acids is 1. The van der Waals surface area contributed by atoms with Gasteiger partial charge < -0.3 is 5.11 Å². The normalized spacial score (nSPS) is 10.9. The summed E-state index contributed by atoms with van der Waals surface area (Å²) >= 11 is 2.44. The Morgan fingerprint density at radius 1 is 1.37 bits per heavy atom. The Kier molecular flexibility index (Phi) is 2.92. The second-order valence-corrected chi connectivity index (χ2v) is 5.70. The van der Waals surface area contributed by atoms with Crippen LogP contribution in [-0.4, -0.2) is 20.6 Å². The summed E-state index contributed by atoms with van der Waals surface area (Å²) in [6, 6.07) is 7.65. The van der Waals surface area contributed by atoms with Crippen LogP contribution in [0.15, 0.2) is 34.4 Å². The van der Waals surface area contributed by atoms with Crippen LogP contribution < -0.4 is 4.87 Å². The van der Waals surface area contributed by atoms with Crippen LogP contribution in [-0.2, 0) is 11.3 Å². The van der Waals surface area contributed by atoms with Crippen molar-refractivity contribution in [2.24, 2.45) is 0 Å². The molecule has 0 aliphatic heterocycles. The van der Waals surface area contributed by atoms with Gasteiger partial charge in [0.1, 0.15) is 11.6 Å². The van der Waals surface area contributed by atoms with Crippen LogP contribution in [0.4, 0.5) is 0 Å². The molecule has 0 unspecified atom stereocenters. The zero-order chi connectivity index (χ0) is 13.4. The summed E-state index contributed by atoms with van der Waals surface area (Å²) in [6.07, 6.45) is 0. The molecular weight excluding hydrogens is 284 g/mol. The maximum Gasteiger partial charge on any atom is 0.323 e.